The lowest BCUT2D eigenvalue weighted by atomic mass is 10.0. The van der Waals surface area contributed by atoms with Crippen molar-refractivity contribution in [3.8, 4) is 16.9 Å². The molecular weight excluding hydrogens is 320 g/mol. The van der Waals surface area contributed by atoms with Crippen LogP contribution in [0.3, 0.4) is 0 Å². The summed E-state index contributed by atoms with van der Waals surface area (Å²) in [6.07, 6.45) is 2.99. The second-order valence-electron chi connectivity index (χ2n) is 6.48. The van der Waals surface area contributed by atoms with Gasteiger partial charge in [0.2, 0.25) is 0 Å². The molecule has 4 rings (SSSR count). The summed E-state index contributed by atoms with van der Waals surface area (Å²) in [6.45, 7) is 4.80. The van der Waals surface area contributed by atoms with Crippen LogP contribution >= 0.6 is 0 Å². The van der Waals surface area contributed by atoms with E-state index in [2.05, 4.69) is 61.4 Å². The molecule has 0 amide bonds. The van der Waals surface area contributed by atoms with E-state index >= 15 is 0 Å². The average molecular weight is 342 g/mol. The van der Waals surface area contributed by atoms with Gasteiger partial charge in [0.1, 0.15) is 12.4 Å². The summed E-state index contributed by atoms with van der Waals surface area (Å²) >= 11 is 0. The van der Waals surface area contributed by atoms with E-state index in [1.165, 1.54) is 16.7 Å². The van der Waals surface area contributed by atoms with Crippen LogP contribution in [0.1, 0.15) is 23.7 Å². The zero-order valence-electron chi connectivity index (χ0n) is 15.1. The molecule has 0 aliphatic rings. The minimum absolute atomic E-state index is 0.560. The first-order valence-corrected chi connectivity index (χ1v) is 8.99. The first-order valence-electron chi connectivity index (χ1n) is 8.99. The summed E-state index contributed by atoms with van der Waals surface area (Å²) in [4.78, 5) is 0. The van der Waals surface area contributed by atoms with E-state index < -0.39 is 0 Å². The quantitative estimate of drug-likeness (QED) is 0.482. The van der Waals surface area contributed by atoms with E-state index in [4.69, 9.17) is 4.74 Å². The molecule has 0 saturated carbocycles. The van der Waals surface area contributed by atoms with Crippen LogP contribution in [-0.2, 0) is 13.0 Å². The number of ether oxygens (including phenoxy) is 1. The van der Waals surface area contributed by atoms with Gasteiger partial charge in [0.25, 0.3) is 0 Å². The molecule has 0 unspecified atom stereocenters. The second kappa shape index (κ2) is 7.04. The van der Waals surface area contributed by atoms with E-state index in [1.807, 2.05) is 35.0 Å². The van der Waals surface area contributed by atoms with Crippen molar-refractivity contribution in [2.75, 3.05) is 0 Å². The van der Waals surface area contributed by atoms with E-state index in [0.717, 1.165) is 28.9 Å². The van der Waals surface area contributed by atoms with E-state index in [1.54, 1.807) is 0 Å². The van der Waals surface area contributed by atoms with E-state index in [-0.39, 0.29) is 0 Å². The summed E-state index contributed by atoms with van der Waals surface area (Å²) in [5.74, 6) is 0.856. The number of aryl methyl sites for hydroxylation is 2. The smallest absolute Gasteiger partial charge is 0.123 e. The van der Waals surface area contributed by atoms with Crippen LogP contribution < -0.4 is 4.74 Å². The Bertz CT molecular complexity index is 1030. The van der Waals surface area contributed by atoms with E-state index in [9.17, 15) is 0 Å². The van der Waals surface area contributed by atoms with Crippen LogP contribution in [0.5, 0.6) is 5.75 Å². The van der Waals surface area contributed by atoms with Crippen molar-refractivity contribution in [3.63, 3.8) is 0 Å². The molecule has 26 heavy (non-hydrogen) atoms. The maximum atomic E-state index is 6.00. The SMILES string of the molecule is CCc1cccc(-c2c(C)nn3ccc(OCc4ccccc4)cc23)c1. The fraction of sp³-hybridized carbons (Fsp3) is 0.174. The third-order valence-electron chi connectivity index (χ3n) is 4.65. The van der Waals surface area contributed by atoms with Crippen LogP contribution in [0.15, 0.2) is 72.9 Å². The molecule has 2 aromatic carbocycles. The Hall–Kier alpha value is -3.07. The van der Waals surface area contributed by atoms with Crippen LogP contribution in [0, 0.1) is 6.92 Å². The Balaban J connectivity index is 1.70. The molecule has 4 aromatic rings. The Morgan fingerprint density at radius 2 is 1.73 bits per heavy atom. The number of pyridine rings is 1. The van der Waals surface area contributed by atoms with Gasteiger partial charge in [0.05, 0.1) is 11.2 Å². The number of benzene rings is 2. The normalized spacial score (nSPS) is 11.0. The Morgan fingerprint density at radius 1 is 0.923 bits per heavy atom. The van der Waals surface area contributed by atoms with Crippen LogP contribution in [0.25, 0.3) is 16.6 Å². The lowest BCUT2D eigenvalue weighted by Gasteiger charge is -2.08. The van der Waals surface area contributed by atoms with Gasteiger partial charge in [-0.1, -0.05) is 61.5 Å². The lowest BCUT2D eigenvalue weighted by Crippen LogP contribution is -1.96. The van der Waals surface area contributed by atoms with Gasteiger partial charge < -0.3 is 4.74 Å². The molecule has 2 aromatic heterocycles. The summed E-state index contributed by atoms with van der Waals surface area (Å²) < 4.78 is 7.93. The highest BCUT2D eigenvalue weighted by atomic mass is 16.5. The summed E-state index contributed by atoms with van der Waals surface area (Å²) in [5.41, 5.74) is 6.97. The van der Waals surface area contributed by atoms with Gasteiger partial charge in [-0.15, -0.1) is 0 Å². The number of hydrogen-bond donors (Lipinski definition) is 0. The first kappa shape index (κ1) is 16.4. The molecule has 0 bridgehead atoms. The second-order valence-corrected chi connectivity index (χ2v) is 6.48. The number of hydrogen-bond acceptors (Lipinski definition) is 2. The molecule has 0 radical (unpaired) electrons. The molecule has 130 valence electrons. The first-order chi connectivity index (χ1) is 12.7. The average Bonchev–Trinajstić information content (AvgIpc) is 3.02. The summed E-state index contributed by atoms with van der Waals surface area (Å²) in [6, 6.07) is 23.0. The number of aromatic nitrogens is 2. The van der Waals surface area contributed by atoms with E-state index in [0.29, 0.717) is 6.61 Å². The van der Waals surface area contributed by atoms with Crippen LogP contribution in [0.4, 0.5) is 0 Å². The molecule has 0 aliphatic carbocycles. The highest BCUT2D eigenvalue weighted by Crippen LogP contribution is 2.31. The van der Waals surface area contributed by atoms with Crippen molar-refractivity contribution < 1.29 is 4.74 Å². The topological polar surface area (TPSA) is 26.5 Å². The van der Waals surface area contributed by atoms with Crippen molar-refractivity contribution in [1.29, 1.82) is 0 Å². The highest BCUT2D eigenvalue weighted by Gasteiger charge is 2.13. The lowest BCUT2D eigenvalue weighted by molar-refractivity contribution is 0.306. The largest absolute Gasteiger partial charge is 0.489 e. The number of fused-ring (bicyclic) bond motifs is 1. The monoisotopic (exact) mass is 342 g/mol. The van der Waals surface area contributed by atoms with Gasteiger partial charge in [-0.3, -0.25) is 0 Å². The Kier molecular flexibility index (Phi) is 4.44. The highest BCUT2D eigenvalue weighted by molar-refractivity contribution is 5.83. The maximum Gasteiger partial charge on any atom is 0.123 e. The fourth-order valence-corrected chi connectivity index (χ4v) is 3.28. The molecule has 0 saturated heterocycles. The van der Waals surface area contributed by atoms with Crippen LogP contribution in [0.2, 0.25) is 0 Å². The fourth-order valence-electron chi connectivity index (χ4n) is 3.28. The minimum Gasteiger partial charge on any atom is -0.489 e. The third kappa shape index (κ3) is 3.21. The summed E-state index contributed by atoms with van der Waals surface area (Å²) in [7, 11) is 0. The molecule has 0 aliphatic heterocycles. The molecular formula is C23H22N2O. The van der Waals surface area contributed by atoms with Gasteiger partial charge >= 0.3 is 0 Å². The molecule has 3 nitrogen and oxygen atoms in total. The zero-order chi connectivity index (χ0) is 17.9. The van der Waals surface area contributed by atoms with Gasteiger partial charge in [-0.05, 0) is 36.1 Å². The van der Waals surface area contributed by atoms with Gasteiger partial charge in [0, 0.05) is 17.8 Å². The van der Waals surface area contributed by atoms with Gasteiger partial charge in [0.15, 0.2) is 0 Å². The van der Waals surface area contributed by atoms with Crippen molar-refractivity contribution in [3.05, 3.63) is 89.7 Å². The molecule has 0 N–H and O–H groups in total. The molecule has 0 spiro atoms. The van der Waals surface area contributed by atoms with Crippen molar-refractivity contribution >= 4 is 5.52 Å². The number of nitrogens with zero attached hydrogens (tertiary/aromatic N) is 2. The molecule has 2 heterocycles. The standard InChI is InChI=1S/C23H22N2O/c1-3-18-10-7-11-20(14-18)23-17(2)24-25-13-12-21(15-22(23)25)26-16-19-8-5-4-6-9-19/h4-15H,3,16H2,1-2H3. The Morgan fingerprint density at radius 3 is 2.54 bits per heavy atom. The summed E-state index contributed by atoms with van der Waals surface area (Å²) in [5, 5.41) is 4.67. The minimum atomic E-state index is 0.560. The van der Waals surface area contributed by atoms with Gasteiger partial charge in [-0.2, -0.15) is 5.10 Å². The van der Waals surface area contributed by atoms with Gasteiger partial charge in [-0.25, -0.2) is 4.52 Å². The number of rotatable bonds is 5. The molecule has 0 atom stereocenters. The van der Waals surface area contributed by atoms with Crippen molar-refractivity contribution in [1.82, 2.24) is 9.61 Å². The maximum absolute atomic E-state index is 6.00. The predicted molar refractivity (Wildman–Crippen MR) is 106 cm³/mol. The predicted octanol–water partition coefficient (Wildman–Crippen LogP) is 5.45. The zero-order valence-corrected chi connectivity index (χ0v) is 15.1. The molecule has 3 heteroatoms. The van der Waals surface area contributed by atoms with Crippen LogP contribution in [-0.4, -0.2) is 9.61 Å². The third-order valence-corrected chi connectivity index (χ3v) is 4.65. The van der Waals surface area contributed by atoms with Crippen molar-refractivity contribution in [2.45, 2.75) is 26.9 Å². The molecule has 0 fully saturated rings. The Labute approximate surface area is 153 Å². The van der Waals surface area contributed by atoms with Crippen molar-refractivity contribution in [2.24, 2.45) is 0 Å².